The van der Waals surface area contributed by atoms with Gasteiger partial charge < -0.3 is 10.1 Å². The summed E-state index contributed by atoms with van der Waals surface area (Å²) in [6, 6.07) is 13.7. The van der Waals surface area contributed by atoms with Gasteiger partial charge in [0.05, 0.1) is 17.4 Å². The molecule has 0 aliphatic carbocycles. The van der Waals surface area contributed by atoms with Crippen LogP contribution in [0.3, 0.4) is 0 Å². The highest BCUT2D eigenvalue weighted by Gasteiger charge is 2.29. The van der Waals surface area contributed by atoms with E-state index in [-0.39, 0.29) is 24.7 Å². The van der Waals surface area contributed by atoms with E-state index in [0.717, 1.165) is 10.6 Å². The number of carbonyl (C=O) groups excluding carboxylic acids is 3. The molecule has 1 N–H and O–H groups in total. The molecule has 0 fully saturated rings. The van der Waals surface area contributed by atoms with Crippen LogP contribution in [0.4, 0.5) is 5.69 Å². The van der Waals surface area contributed by atoms with Gasteiger partial charge in [0.25, 0.3) is 0 Å². The van der Waals surface area contributed by atoms with Crippen molar-refractivity contribution in [1.82, 2.24) is 0 Å². The average Bonchev–Trinajstić information content (AvgIpc) is 2.61. The Bertz CT molecular complexity index is 822. The summed E-state index contributed by atoms with van der Waals surface area (Å²) in [4.78, 5) is 36.9. The third-order valence-corrected chi connectivity index (χ3v) is 5.12. The van der Waals surface area contributed by atoms with Gasteiger partial charge in [-0.25, -0.2) is 0 Å². The van der Waals surface area contributed by atoms with Crippen molar-refractivity contribution in [2.75, 3.05) is 11.9 Å². The number of nitrogens with one attached hydrogen (secondary N) is 1. The van der Waals surface area contributed by atoms with E-state index in [1.807, 2.05) is 18.2 Å². The molecule has 1 aliphatic heterocycles. The van der Waals surface area contributed by atoms with Gasteiger partial charge in [0.15, 0.2) is 12.4 Å². The van der Waals surface area contributed by atoms with Crippen molar-refractivity contribution in [1.29, 1.82) is 0 Å². The van der Waals surface area contributed by atoms with Crippen molar-refractivity contribution >= 4 is 46.7 Å². The fourth-order valence-electron chi connectivity index (χ4n) is 2.30. The first-order chi connectivity index (χ1) is 12.0. The van der Waals surface area contributed by atoms with Gasteiger partial charge in [0.2, 0.25) is 5.91 Å². The summed E-state index contributed by atoms with van der Waals surface area (Å²) in [6.45, 7) is -0.365. The highest BCUT2D eigenvalue weighted by Crippen LogP contribution is 2.36. The number of Topliss-reactive ketones (excluding diaryl/α,β-unsaturated/α-hetero) is 1. The van der Waals surface area contributed by atoms with E-state index in [1.54, 1.807) is 30.3 Å². The van der Waals surface area contributed by atoms with Crippen LogP contribution in [-0.4, -0.2) is 29.5 Å². The maximum atomic E-state index is 12.1. The molecule has 0 radical (unpaired) electrons. The minimum Gasteiger partial charge on any atom is -0.457 e. The normalized spacial score (nSPS) is 15.9. The maximum Gasteiger partial charge on any atom is 0.307 e. The first-order valence-electron chi connectivity index (χ1n) is 7.54. The second-order valence-corrected chi connectivity index (χ2v) is 7.07. The number of carbonyl (C=O) groups is 3. The lowest BCUT2D eigenvalue weighted by Crippen LogP contribution is -2.31. The van der Waals surface area contributed by atoms with Crippen LogP contribution in [0.5, 0.6) is 0 Å². The Morgan fingerprint density at radius 3 is 2.60 bits per heavy atom. The molecular weight excluding hydrogens is 362 g/mol. The summed E-state index contributed by atoms with van der Waals surface area (Å²) in [5.41, 5.74) is 1.15. The second kappa shape index (κ2) is 7.72. The summed E-state index contributed by atoms with van der Waals surface area (Å²) in [7, 11) is 0. The lowest BCUT2D eigenvalue weighted by atomic mass is 10.1. The molecule has 2 aromatic carbocycles. The van der Waals surface area contributed by atoms with Crippen molar-refractivity contribution in [3.63, 3.8) is 0 Å². The molecule has 25 heavy (non-hydrogen) atoms. The summed E-state index contributed by atoms with van der Waals surface area (Å²) in [5.74, 6) is -1.16. The minimum absolute atomic E-state index is 0.0985. The third kappa shape index (κ3) is 4.41. The van der Waals surface area contributed by atoms with Crippen LogP contribution in [0.2, 0.25) is 5.02 Å². The van der Waals surface area contributed by atoms with Crippen LogP contribution in [0.15, 0.2) is 53.4 Å². The van der Waals surface area contributed by atoms with E-state index in [4.69, 9.17) is 16.3 Å². The number of benzene rings is 2. The van der Waals surface area contributed by atoms with Crippen molar-refractivity contribution in [3.05, 3.63) is 59.1 Å². The predicted molar refractivity (Wildman–Crippen MR) is 96.1 cm³/mol. The SMILES string of the molecule is O=C(C[C@H]1Sc2ccccc2NC1=O)OCC(=O)c1ccc(Cl)cc1. The van der Waals surface area contributed by atoms with E-state index in [1.165, 1.54) is 11.8 Å². The van der Waals surface area contributed by atoms with E-state index in [0.29, 0.717) is 10.6 Å². The van der Waals surface area contributed by atoms with Gasteiger partial charge in [-0.05, 0) is 36.4 Å². The molecule has 1 heterocycles. The number of hydrogen-bond acceptors (Lipinski definition) is 5. The van der Waals surface area contributed by atoms with E-state index < -0.39 is 11.2 Å². The number of hydrogen-bond donors (Lipinski definition) is 1. The van der Waals surface area contributed by atoms with Crippen LogP contribution in [0.25, 0.3) is 0 Å². The number of fused-ring (bicyclic) bond motifs is 1. The van der Waals surface area contributed by atoms with Gasteiger partial charge >= 0.3 is 5.97 Å². The third-order valence-electron chi connectivity index (χ3n) is 3.59. The van der Waals surface area contributed by atoms with Gasteiger partial charge in [-0.15, -0.1) is 11.8 Å². The van der Waals surface area contributed by atoms with Crippen molar-refractivity contribution < 1.29 is 19.1 Å². The lowest BCUT2D eigenvalue weighted by Gasteiger charge is -2.23. The molecule has 128 valence electrons. The topological polar surface area (TPSA) is 72.5 Å². The minimum atomic E-state index is -0.589. The van der Waals surface area contributed by atoms with Crippen molar-refractivity contribution in [3.8, 4) is 0 Å². The first kappa shape index (κ1) is 17.5. The summed E-state index contributed by atoms with van der Waals surface area (Å²) >= 11 is 7.08. The fraction of sp³-hybridized carbons (Fsp3) is 0.167. The molecule has 3 rings (SSSR count). The number of halogens is 1. The van der Waals surface area contributed by atoms with Gasteiger partial charge in [0, 0.05) is 15.5 Å². The smallest absolute Gasteiger partial charge is 0.307 e. The van der Waals surface area contributed by atoms with Crippen molar-refractivity contribution in [2.24, 2.45) is 0 Å². The molecule has 1 atom stereocenters. The van der Waals surface area contributed by atoms with Crippen LogP contribution in [0.1, 0.15) is 16.8 Å². The second-order valence-electron chi connectivity index (χ2n) is 5.39. The molecule has 7 heteroatoms. The number of para-hydroxylation sites is 1. The zero-order valence-corrected chi connectivity index (χ0v) is 14.6. The van der Waals surface area contributed by atoms with Crippen LogP contribution < -0.4 is 5.32 Å². The Labute approximate surface area is 153 Å². The molecule has 2 aromatic rings. The lowest BCUT2D eigenvalue weighted by molar-refractivity contribution is -0.143. The standard InChI is InChI=1S/C18H14ClNO4S/c19-12-7-5-11(6-8-12)14(21)10-24-17(22)9-16-18(23)20-13-3-1-2-4-15(13)25-16/h1-8,16H,9-10H2,(H,20,23)/t16-/m1/s1. The van der Waals surface area contributed by atoms with E-state index in [2.05, 4.69) is 5.32 Å². The number of ether oxygens (including phenoxy) is 1. The molecule has 0 saturated heterocycles. The molecule has 1 aliphatic rings. The zero-order valence-electron chi connectivity index (χ0n) is 13.0. The number of anilines is 1. The molecule has 0 spiro atoms. The largest absolute Gasteiger partial charge is 0.457 e. The molecular formula is C18H14ClNO4S. The Morgan fingerprint density at radius 2 is 1.84 bits per heavy atom. The molecule has 0 aromatic heterocycles. The van der Waals surface area contributed by atoms with E-state index in [9.17, 15) is 14.4 Å². The number of rotatable bonds is 5. The summed E-state index contributed by atoms with van der Waals surface area (Å²) < 4.78 is 5.01. The predicted octanol–water partition coefficient (Wildman–Crippen LogP) is 3.57. The number of esters is 1. The quantitative estimate of drug-likeness (QED) is 0.639. The molecule has 1 amide bonds. The van der Waals surface area contributed by atoms with Gasteiger partial charge in [-0.2, -0.15) is 0 Å². The zero-order chi connectivity index (χ0) is 17.8. The first-order valence-corrected chi connectivity index (χ1v) is 8.79. The van der Waals surface area contributed by atoms with Crippen LogP contribution in [0, 0.1) is 0 Å². The number of ketones is 1. The van der Waals surface area contributed by atoms with Crippen LogP contribution in [-0.2, 0) is 14.3 Å². The monoisotopic (exact) mass is 375 g/mol. The molecule has 0 unspecified atom stereocenters. The van der Waals surface area contributed by atoms with Gasteiger partial charge in [-0.3, -0.25) is 14.4 Å². The Hall–Kier alpha value is -2.31. The number of thioether (sulfide) groups is 1. The molecule has 0 saturated carbocycles. The van der Waals surface area contributed by atoms with Crippen molar-refractivity contribution in [2.45, 2.75) is 16.6 Å². The number of amides is 1. The van der Waals surface area contributed by atoms with Crippen LogP contribution >= 0.6 is 23.4 Å². The van der Waals surface area contributed by atoms with Gasteiger partial charge in [-0.1, -0.05) is 23.7 Å². The molecule has 0 bridgehead atoms. The Morgan fingerprint density at radius 1 is 1.12 bits per heavy atom. The summed E-state index contributed by atoms with van der Waals surface area (Å²) in [6.07, 6.45) is -0.0985. The Kier molecular flexibility index (Phi) is 5.40. The van der Waals surface area contributed by atoms with Gasteiger partial charge in [0.1, 0.15) is 0 Å². The highest BCUT2D eigenvalue weighted by molar-refractivity contribution is 8.01. The van der Waals surface area contributed by atoms with E-state index >= 15 is 0 Å². The summed E-state index contributed by atoms with van der Waals surface area (Å²) in [5, 5.41) is 2.71. The maximum absolute atomic E-state index is 12.1. The molecule has 5 nitrogen and oxygen atoms in total. The average molecular weight is 376 g/mol. The Balaban J connectivity index is 1.53. The highest BCUT2D eigenvalue weighted by atomic mass is 35.5. The fourth-order valence-corrected chi connectivity index (χ4v) is 3.52.